The topological polar surface area (TPSA) is 13.1 Å². The molecule has 54 heavy (non-hydrogen) atoms. The molecule has 0 aliphatic carbocycles. The van der Waals surface area contributed by atoms with Crippen LogP contribution in [0.25, 0.3) is 65.4 Å². The van der Waals surface area contributed by atoms with Crippen LogP contribution >= 0.6 is 11.8 Å². The Bertz CT molecular complexity index is 2820. The van der Waals surface area contributed by atoms with E-state index < -0.39 is 0 Å². The van der Waals surface area contributed by atoms with Gasteiger partial charge >= 0.3 is 0 Å². The van der Waals surface area contributed by atoms with Crippen molar-refractivity contribution in [3.05, 3.63) is 210 Å². The molecule has 0 amide bonds. The first-order valence-corrected chi connectivity index (χ1v) is 19.3. The van der Waals surface area contributed by atoms with Crippen molar-refractivity contribution >= 4 is 77.2 Å². The molecule has 0 radical (unpaired) electrons. The lowest BCUT2D eigenvalue weighted by atomic mass is 9.85. The van der Waals surface area contributed by atoms with Crippen molar-refractivity contribution in [2.75, 3.05) is 0 Å². The number of thioether (sulfide) groups is 1. The van der Waals surface area contributed by atoms with E-state index in [0.717, 1.165) is 34.1 Å². The molecule has 2 heterocycles. The molecule has 1 aliphatic heterocycles. The Kier molecular flexibility index (Phi) is 9.78. The zero-order valence-electron chi connectivity index (χ0n) is 31.0. The van der Waals surface area contributed by atoms with Crippen LogP contribution in [0.5, 0.6) is 0 Å². The zero-order valence-corrected chi connectivity index (χ0v) is 31.8. The van der Waals surface area contributed by atoms with E-state index in [1.165, 1.54) is 75.3 Å². The van der Waals surface area contributed by atoms with Gasteiger partial charge in [0, 0.05) is 22.1 Å². The number of benzene rings is 6. The average Bonchev–Trinajstić information content (AvgIpc) is 3.77. The average molecular weight is 715 g/mol. The molecular weight excluding hydrogens is 673 g/mol. The fourth-order valence-corrected chi connectivity index (χ4v) is 8.81. The second-order valence-corrected chi connectivity index (χ2v) is 14.9. The molecule has 262 valence electrons. The number of hydrogen-bond donors (Lipinski definition) is 0. The molecule has 0 fully saturated rings. The molecule has 1 aromatic heterocycles. The molecule has 0 atom stereocenters. The summed E-state index contributed by atoms with van der Waals surface area (Å²) in [6.45, 7) is 14.6. The standard InChI is InChI=1S/C52H42OS/c1-6-9-18-35(5)51-43-20-10-12-22-45(43)52(46-23-13-11-21-44(46)51)37(17-8-3)27-26-36(16-7-2)34(4)25-28-41-30-40-29-38-31-47-42-19-14-15-24-48(42)53-49(47)32-39(38)33-50(40)54-41/h6-29,31-33H,2-3,30H2,1,4-5H3/b9-6-,27-26+,34-25-,35-18+,36-16-,37-17-,41-28+. The van der Waals surface area contributed by atoms with Gasteiger partial charge in [0.2, 0.25) is 0 Å². The van der Waals surface area contributed by atoms with Gasteiger partial charge in [-0.25, -0.2) is 0 Å². The second-order valence-electron chi connectivity index (χ2n) is 13.8. The Balaban J connectivity index is 1.12. The largest absolute Gasteiger partial charge is 0.456 e. The Hall–Kier alpha value is -6.09. The van der Waals surface area contributed by atoms with E-state index in [4.69, 9.17) is 4.42 Å². The van der Waals surface area contributed by atoms with Gasteiger partial charge in [-0.3, -0.25) is 0 Å². The summed E-state index contributed by atoms with van der Waals surface area (Å²) in [5.41, 5.74) is 10.3. The molecule has 1 aliphatic rings. The van der Waals surface area contributed by atoms with Crippen molar-refractivity contribution in [3.8, 4) is 0 Å². The van der Waals surface area contributed by atoms with Gasteiger partial charge in [0.15, 0.2) is 0 Å². The minimum atomic E-state index is 0.923. The Morgan fingerprint density at radius 3 is 1.98 bits per heavy atom. The fraction of sp³-hybridized carbons (Fsp3) is 0.0769. The summed E-state index contributed by atoms with van der Waals surface area (Å²) in [5, 5.41) is 9.71. The number of furan rings is 1. The SMILES string of the molecule is C=C/C=C(/C=C/C(=C/C=C)c1c2ccccc2c(/C(C)=C/C=C\C)c2ccccc12)C(\C)=C/C=C1\Cc2cc3cc4c(cc3cc2S1)oc1ccccc14. The Morgan fingerprint density at radius 2 is 1.30 bits per heavy atom. The minimum absolute atomic E-state index is 0.923. The molecule has 2 heteroatoms. The number of para-hydroxylation sites is 1. The molecule has 8 rings (SSSR count). The van der Waals surface area contributed by atoms with Crippen LogP contribution in [0.4, 0.5) is 0 Å². The van der Waals surface area contributed by atoms with Crippen molar-refractivity contribution in [3.63, 3.8) is 0 Å². The number of rotatable bonds is 9. The van der Waals surface area contributed by atoms with Crippen LogP contribution in [0.3, 0.4) is 0 Å². The highest BCUT2D eigenvalue weighted by atomic mass is 32.2. The highest BCUT2D eigenvalue weighted by Crippen LogP contribution is 2.44. The predicted molar refractivity (Wildman–Crippen MR) is 238 cm³/mol. The lowest BCUT2D eigenvalue weighted by Crippen LogP contribution is -1.94. The Labute approximate surface area is 322 Å². The molecule has 0 bridgehead atoms. The molecule has 0 saturated carbocycles. The molecule has 6 aromatic carbocycles. The molecule has 0 N–H and O–H groups in total. The van der Waals surface area contributed by atoms with Crippen LogP contribution in [0.1, 0.15) is 37.5 Å². The van der Waals surface area contributed by atoms with Crippen molar-refractivity contribution in [1.82, 2.24) is 0 Å². The summed E-state index contributed by atoms with van der Waals surface area (Å²) in [6.07, 6.45) is 24.2. The molecule has 0 saturated heterocycles. The minimum Gasteiger partial charge on any atom is -0.456 e. The van der Waals surface area contributed by atoms with Crippen molar-refractivity contribution in [2.45, 2.75) is 32.1 Å². The molecule has 7 aromatic rings. The van der Waals surface area contributed by atoms with E-state index in [-0.39, 0.29) is 0 Å². The molecule has 0 spiro atoms. The first kappa shape index (κ1) is 35.0. The highest BCUT2D eigenvalue weighted by Gasteiger charge is 2.19. The fourth-order valence-electron chi connectivity index (χ4n) is 7.71. The third kappa shape index (κ3) is 6.55. The summed E-state index contributed by atoms with van der Waals surface area (Å²) in [5.74, 6) is 0. The molecular formula is C52H42OS. The summed E-state index contributed by atoms with van der Waals surface area (Å²) >= 11 is 1.86. The molecule has 1 nitrogen and oxygen atoms in total. The van der Waals surface area contributed by atoms with Crippen LogP contribution in [0.2, 0.25) is 0 Å². The monoisotopic (exact) mass is 714 g/mol. The summed E-state index contributed by atoms with van der Waals surface area (Å²) in [6, 6.07) is 34.9. The van der Waals surface area contributed by atoms with Gasteiger partial charge in [-0.05, 0) is 127 Å². The van der Waals surface area contributed by atoms with Gasteiger partial charge in [0.05, 0.1) is 0 Å². The summed E-state index contributed by atoms with van der Waals surface area (Å²) < 4.78 is 6.19. The van der Waals surface area contributed by atoms with Crippen LogP contribution in [-0.2, 0) is 6.42 Å². The van der Waals surface area contributed by atoms with Crippen LogP contribution in [0, 0.1) is 0 Å². The Morgan fingerprint density at radius 1 is 0.648 bits per heavy atom. The smallest absolute Gasteiger partial charge is 0.136 e. The zero-order chi connectivity index (χ0) is 37.2. The first-order valence-electron chi connectivity index (χ1n) is 18.5. The van der Waals surface area contributed by atoms with E-state index >= 15 is 0 Å². The lowest BCUT2D eigenvalue weighted by Gasteiger charge is -2.18. The van der Waals surface area contributed by atoms with Gasteiger partial charge in [-0.2, -0.15) is 0 Å². The predicted octanol–water partition coefficient (Wildman–Crippen LogP) is 15.4. The van der Waals surface area contributed by atoms with Crippen LogP contribution < -0.4 is 0 Å². The van der Waals surface area contributed by atoms with E-state index in [9.17, 15) is 0 Å². The van der Waals surface area contributed by atoms with E-state index in [1.54, 1.807) is 0 Å². The lowest BCUT2D eigenvalue weighted by molar-refractivity contribution is 0.669. The van der Waals surface area contributed by atoms with Crippen molar-refractivity contribution in [2.24, 2.45) is 0 Å². The van der Waals surface area contributed by atoms with Gasteiger partial charge in [-0.15, -0.1) is 0 Å². The van der Waals surface area contributed by atoms with Crippen LogP contribution in [0.15, 0.2) is 202 Å². The third-order valence-corrected chi connectivity index (χ3v) is 11.4. The second kappa shape index (κ2) is 15.1. The van der Waals surface area contributed by atoms with Crippen molar-refractivity contribution in [1.29, 1.82) is 0 Å². The van der Waals surface area contributed by atoms with Gasteiger partial charge in [0.1, 0.15) is 11.2 Å². The van der Waals surface area contributed by atoms with Crippen molar-refractivity contribution < 1.29 is 4.42 Å². The first-order chi connectivity index (χ1) is 26.5. The number of hydrogen-bond acceptors (Lipinski definition) is 2. The maximum Gasteiger partial charge on any atom is 0.136 e. The van der Waals surface area contributed by atoms with E-state index in [2.05, 4.69) is 174 Å². The quantitative estimate of drug-likeness (QED) is 0.109. The number of allylic oxidation sites excluding steroid dienone is 16. The number of fused-ring (bicyclic) bond motifs is 7. The summed E-state index contributed by atoms with van der Waals surface area (Å²) in [4.78, 5) is 2.65. The maximum absolute atomic E-state index is 6.19. The third-order valence-electron chi connectivity index (χ3n) is 10.3. The summed E-state index contributed by atoms with van der Waals surface area (Å²) in [7, 11) is 0. The normalized spacial score (nSPS) is 15.3. The van der Waals surface area contributed by atoms with Gasteiger partial charge in [-0.1, -0.05) is 158 Å². The van der Waals surface area contributed by atoms with Gasteiger partial charge in [0.25, 0.3) is 0 Å². The molecule has 0 unspecified atom stereocenters. The van der Waals surface area contributed by atoms with E-state index in [0.29, 0.717) is 0 Å². The maximum atomic E-state index is 6.19. The van der Waals surface area contributed by atoms with Gasteiger partial charge < -0.3 is 4.42 Å². The highest BCUT2D eigenvalue weighted by molar-refractivity contribution is 8.03. The van der Waals surface area contributed by atoms with Crippen LogP contribution in [-0.4, -0.2) is 0 Å². The van der Waals surface area contributed by atoms with E-state index in [1.807, 2.05) is 36.0 Å².